The van der Waals surface area contributed by atoms with Gasteiger partial charge in [-0.3, -0.25) is 4.79 Å². The van der Waals surface area contributed by atoms with E-state index in [0.717, 1.165) is 12.2 Å². The SMILES string of the molecule is O=C(C1=CC(C(F)(F)F)CC(C(F)(F)F)=C1)C1C=CC(F)=C(CBr)C1. The highest BCUT2D eigenvalue weighted by Gasteiger charge is 2.46. The summed E-state index contributed by atoms with van der Waals surface area (Å²) in [7, 11) is 0. The molecule has 1 nitrogen and oxygen atoms in total. The van der Waals surface area contributed by atoms with Crippen molar-refractivity contribution in [3.63, 3.8) is 0 Å². The van der Waals surface area contributed by atoms with Crippen LogP contribution in [-0.4, -0.2) is 23.5 Å². The Labute approximate surface area is 147 Å². The van der Waals surface area contributed by atoms with Gasteiger partial charge in [0.1, 0.15) is 5.83 Å². The average Bonchev–Trinajstić information content (AvgIpc) is 2.52. The van der Waals surface area contributed by atoms with Crippen molar-refractivity contribution in [2.45, 2.75) is 25.2 Å². The van der Waals surface area contributed by atoms with Crippen molar-refractivity contribution >= 4 is 21.7 Å². The zero-order valence-electron chi connectivity index (χ0n) is 12.5. The smallest absolute Gasteiger partial charge is 0.294 e. The van der Waals surface area contributed by atoms with Crippen molar-refractivity contribution < 1.29 is 35.5 Å². The molecule has 0 aromatic carbocycles. The fourth-order valence-electron chi connectivity index (χ4n) is 2.63. The molecule has 9 heteroatoms. The molecule has 2 unspecified atom stereocenters. The molecule has 0 radical (unpaired) electrons. The highest BCUT2D eigenvalue weighted by molar-refractivity contribution is 9.09. The summed E-state index contributed by atoms with van der Waals surface area (Å²) in [4.78, 5) is 12.4. The van der Waals surface area contributed by atoms with E-state index >= 15 is 0 Å². The third-order valence-corrected chi connectivity index (χ3v) is 4.67. The molecule has 0 heterocycles. The normalized spacial score (nSPS) is 25.0. The Kier molecular flexibility index (Phi) is 5.65. The quantitative estimate of drug-likeness (QED) is 0.410. The van der Waals surface area contributed by atoms with Gasteiger partial charge in [-0.25, -0.2) is 4.39 Å². The standard InChI is InChI=1S/C16H12BrF7O/c17-7-10-3-8(1-2-13(10)18)14(25)9-4-11(15(19,20)21)6-12(5-9)16(22,23)24/h1-2,4-5,8,11H,3,6-7H2. The van der Waals surface area contributed by atoms with Crippen molar-refractivity contribution in [3.8, 4) is 0 Å². The van der Waals surface area contributed by atoms with Crippen LogP contribution in [0.15, 0.2) is 46.9 Å². The Morgan fingerprint density at radius 2 is 1.80 bits per heavy atom. The Morgan fingerprint density at radius 3 is 2.32 bits per heavy atom. The summed E-state index contributed by atoms with van der Waals surface area (Å²) in [6.45, 7) is 0. The number of hydrogen-bond acceptors (Lipinski definition) is 1. The molecule has 0 amide bonds. The van der Waals surface area contributed by atoms with E-state index in [1.165, 1.54) is 0 Å². The maximum atomic E-state index is 13.5. The second-order valence-corrected chi connectivity index (χ2v) is 6.32. The number of Topliss-reactive ketones (excluding diaryl/α,β-unsaturated/α-hetero) is 1. The van der Waals surface area contributed by atoms with Gasteiger partial charge in [0.05, 0.1) is 5.92 Å². The van der Waals surface area contributed by atoms with E-state index in [4.69, 9.17) is 0 Å². The topological polar surface area (TPSA) is 17.1 Å². The van der Waals surface area contributed by atoms with Gasteiger partial charge in [-0.2, -0.15) is 26.3 Å². The third kappa shape index (κ3) is 4.62. The molecule has 0 N–H and O–H groups in total. The van der Waals surface area contributed by atoms with Crippen molar-refractivity contribution in [1.82, 2.24) is 0 Å². The first kappa shape index (κ1) is 19.9. The van der Waals surface area contributed by atoms with Gasteiger partial charge >= 0.3 is 12.4 Å². The Hall–Kier alpha value is -1.38. The summed E-state index contributed by atoms with van der Waals surface area (Å²) in [6, 6.07) is 0. The highest BCUT2D eigenvalue weighted by atomic mass is 79.9. The number of rotatable bonds is 3. The molecule has 138 valence electrons. The number of hydrogen-bond donors (Lipinski definition) is 0. The molecule has 25 heavy (non-hydrogen) atoms. The number of allylic oxidation sites excluding steroid dienone is 8. The van der Waals surface area contributed by atoms with Crippen LogP contribution in [-0.2, 0) is 4.79 Å². The van der Waals surface area contributed by atoms with E-state index in [1.807, 2.05) is 0 Å². The van der Waals surface area contributed by atoms with Crippen LogP contribution in [0.1, 0.15) is 12.8 Å². The van der Waals surface area contributed by atoms with E-state index in [0.29, 0.717) is 12.2 Å². The highest BCUT2D eigenvalue weighted by Crippen LogP contribution is 2.42. The van der Waals surface area contributed by atoms with Crippen LogP contribution >= 0.6 is 15.9 Å². The van der Waals surface area contributed by atoms with E-state index < -0.39 is 53.4 Å². The fraction of sp³-hybridized carbons (Fsp3) is 0.438. The second-order valence-electron chi connectivity index (χ2n) is 5.76. The van der Waals surface area contributed by atoms with E-state index in [1.54, 1.807) is 0 Å². The Balaban J connectivity index is 2.34. The van der Waals surface area contributed by atoms with Gasteiger partial charge in [0.25, 0.3) is 0 Å². The van der Waals surface area contributed by atoms with Crippen LogP contribution in [0.4, 0.5) is 30.7 Å². The lowest BCUT2D eigenvalue weighted by Crippen LogP contribution is -2.29. The lowest BCUT2D eigenvalue weighted by Gasteiger charge is -2.26. The summed E-state index contributed by atoms with van der Waals surface area (Å²) >= 11 is 3.03. The van der Waals surface area contributed by atoms with Crippen LogP contribution in [0.3, 0.4) is 0 Å². The molecule has 0 saturated heterocycles. The molecular formula is C16H12BrF7O. The molecule has 0 fully saturated rings. The maximum absolute atomic E-state index is 13.5. The lowest BCUT2D eigenvalue weighted by atomic mass is 9.82. The van der Waals surface area contributed by atoms with Gasteiger partial charge in [0.15, 0.2) is 5.78 Å². The van der Waals surface area contributed by atoms with Crippen LogP contribution < -0.4 is 0 Å². The summed E-state index contributed by atoms with van der Waals surface area (Å²) in [5, 5.41) is 0.112. The van der Waals surface area contributed by atoms with Crippen LogP contribution in [0.2, 0.25) is 0 Å². The Bertz CT molecular complexity index is 680. The largest absolute Gasteiger partial charge is 0.412 e. The van der Waals surface area contributed by atoms with E-state index in [9.17, 15) is 35.5 Å². The number of carbonyl (C=O) groups excluding carboxylic acids is 1. The van der Waals surface area contributed by atoms with Crippen LogP contribution in [0.5, 0.6) is 0 Å². The number of carbonyl (C=O) groups is 1. The first-order chi connectivity index (χ1) is 11.4. The minimum atomic E-state index is -4.96. The van der Waals surface area contributed by atoms with Gasteiger partial charge in [0.2, 0.25) is 0 Å². The molecule has 0 aromatic rings. The average molecular weight is 433 g/mol. The maximum Gasteiger partial charge on any atom is 0.412 e. The van der Waals surface area contributed by atoms with E-state index in [-0.39, 0.29) is 17.3 Å². The van der Waals surface area contributed by atoms with Crippen molar-refractivity contribution in [2.24, 2.45) is 11.8 Å². The molecule has 0 bridgehead atoms. The molecule has 2 rings (SSSR count). The first-order valence-electron chi connectivity index (χ1n) is 7.15. The molecule has 0 saturated carbocycles. The van der Waals surface area contributed by atoms with Gasteiger partial charge in [-0.1, -0.05) is 28.1 Å². The summed E-state index contributed by atoms with van der Waals surface area (Å²) in [6.07, 6.45) is -8.08. The van der Waals surface area contributed by atoms with E-state index in [2.05, 4.69) is 15.9 Å². The predicted molar refractivity (Wildman–Crippen MR) is 80.6 cm³/mol. The summed E-state index contributed by atoms with van der Waals surface area (Å²) in [5.41, 5.74) is -1.82. The van der Waals surface area contributed by atoms with Crippen LogP contribution in [0, 0.1) is 11.8 Å². The van der Waals surface area contributed by atoms with Gasteiger partial charge in [0, 0.05) is 22.4 Å². The number of ketones is 1. The zero-order valence-corrected chi connectivity index (χ0v) is 14.1. The number of alkyl halides is 7. The fourth-order valence-corrected chi connectivity index (χ4v) is 3.13. The molecule has 2 aliphatic rings. The molecular weight excluding hydrogens is 421 g/mol. The van der Waals surface area contributed by atoms with Crippen molar-refractivity contribution in [1.29, 1.82) is 0 Å². The molecule has 0 aliphatic heterocycles. The second kappa shape index (κ2) is 7.09. The monoisotopic (exact) mass is 432 g/mol. The minimum Gasteiger partial charge on any atom is -0.294 e. The van der Waals surface area contributed by atoms with Crippen LogP contribution in [0.25, 0.3) is 0 Å². The zero-order chi connectivity index (χ0) is 19.0. The minimum absolute atomic E-state index is 0.102. The molecule has 0 aromatic heterocycles. The van der Waals surface area contributed by atoms with Gasteiger partial charge < -0.3 is 0 Å². The first-order valence-corrected chi connectivity index (χ1v) is 8.27. The predicted octanol–water partition coefficient (Wildman–Crippen LogP) is 5.75. The Morgan fingerprint density at radius 1 is 1.16 bits per heavy atom. The summed E-state index contributed by atoms with van der Waals surface area (Å²) in [5.74, 6) is -4.85. The third-order valence-electron chi connectivity index (χ3n) is 4.00. The molecule has 2 atom stereocenters. The molecule has 0 spiro atoms. The summed E-state index contributed by atoms with van der Waals surface area (Å²) < 4.78 is 91.0. The van der Waals surface area contributed by atoms with Gasteiger partial charge in [-0.15, -0.1) is 0 Å². The lowest BCUT2D eigenvalue weighted by molar-refractivity contribution is -0.166. The molecule has 2 aliphatic carbocycles. The van der Waals surface area contributed by atoms with Crippen molar-refractivity contribution in [2.75, 3.05) is 5.33 Å². The van der Waals surface area contributed by atoms with Gasteiger partial charge in [-0.05, 0) is 30.6 Å². The number of halogens is 8. The van der Waals surface area contributed by atoms with Crippen molar-refractivity contribution in [3.05, 3.63) is 46.9 Å².